The number of benzene rings is 1. The molecule has 0 aliphatic heterocycles. The molecule has 2 aromatic rings. The number of nitrogens with two attached hydrogens (primary N) is 1. The Morgan fingerprint density at radius 3 is 2.75 bits per heavy atom. The summed E-state index contributed by atoms with van der Waals surface area (Å²) in [7, 11) is 0. The monoisotopic (exact) mass is 221 g/mol. The van der Waals surface area contributed by atoms with E-state index in [1.807, 2.05) is 0 Å². The van der Waals surface area contributed by atoms with Gasteiger partial charge in [-0.3, -0.25) is 0 Å². The Labute approximate surface area is 92.3 Å². The SMILES string of the molecule is Cc1ccc(-c2noc([C@@H](C)N)n2)cc1F. The van der Waals surface area contributed by atoms with Gasteiger partial charge in [0.2, 0.25) is 11.7 Å². The number of halogens is 1. The summed E-state index contributed by atoms with van der Waals surface area (Å²) in [6.45, 7) is 3.44. The third-order valence-electron chi connectivity index (χ3n) is 2.26. The van der Waals surface area contributed by atoms with E-state index in [1.165, 1.54) is 6.07 Å². The lowest BCUT2D eigenvalue weighted by Crippen LogP contribution is -2.04. The number of hydrogen-bond donors (Lipinski definition) is 1. The van der Waals surface area contributed by atoms with Crippen LogP contribution >= 0.6 is 0 Å². The van der Waals surface area contributed by atoms with E-state index >= 15 is 0 Å². The Morgan fingerprint density at radius 1 is 1.44 bits per heavy atom. The minimum atomic E-state index is -0.323. The Morgan fingerprint density at radius 2 is 2.19 bits per heavy atom. The molecule has 1 atom stereocenters. The first-order chi connectivity index (χ1) is 7.58. The van der Waals surface area contributed by atoms with Crippen molar-refractivity contribution in [2.24, 2.45) is 5.73 Å². The quantitative estimate of drug-likeness (QED) is 0.844. The van der Waals surface area contributed by atoms with E-state index in [9.17, 15) is 4.39 Å². The molecule has 1 heterocycles. The van der Waals surface area contributed by atoms with Crippen molar-refractivity contribution in [3.05, 3.63) is 35.5 Å². The molecule has 0 unspecified atom stereocenters. The van der Waals surface area contributed by atoms with Crippen LogP contribution in [-0.4, -0.2) is 10.1 Å². The molecule has 0 radical (unpaired) electrons. The molecule has 1 aromatic carbocycles. The van der Waals surface area contributed by atoms with Gasteiger partial charge in [0, 0.05) is 5.56 Å². The van der Waals surface area contributed by atoms with Crippen LogP contribution in [0.2, 0.25) is 0 Å². The molecule has 84 valence electrons. The average Bonchev–Trinajstić information content (AvgIpc) is 2.71. The fourth-order valence-corrected chi connectivity index (χ4v) is 1.27. The number of aromatic nitrogens is 2. The molecule has 0 bridgehead atoms. The van der Waals surface area contributed by atoms with Crippen LogP contribution < -0.4 is 5.73 Å². The van der Waals surface area contributed by atoms with Gasteiger partial charge in [-0.15, -0.1) is 0 Å². The maximum Gasteiger partial charge on any atom is 0.243 e. The van der Waals surface area contributed by atoms with Gasteiger partial charge in [-0.25, -0.2) is 4.39 Å². The third kappa shape index (κ3) is 1.94. The summed E-state index contributed by atoms with van der Waals surface area (Å²) in [4.78, 5) is 4.08. The average molecular weight is 221 g/mol. The van der Waals surface area contributed by atoms with Crippen molar-refractivity contribution in [1.29, 1.82) is 0 Å². The summed E-state index contributed by atoms with van der Waals surface area (Å²) in [5, 5.41) is 3.75. The van der Waals surface area contributed by atoms with Gasteiger partial charge in [0.05, 0.1) is 6.04 Å². The molecule has 0 saturated carbocycles. The van der Waals surface area contributed by atoms with E-state index in [4.69, 9.17) is 10.3 Å². The highest BCUT2D eigenvalue weighted by molar-refractivity contribution is 5.54. The Hall–Kier alpha value is -1.75. The van der Waals surface area contributed by atoms with Crippen LogP contribution in [-0.2, 0) is 0 Å². The predicted octanol–water partition coefficient (Wildman–Crippen LogP) is 2.20. The fourth-order valence-electron chi connectivity index (χ4n) is 1.27. The molecule has 0 aliphatic rings. The lowest BCUT2D eigenvalue weighted by atomic mass is 10.1. The summed E-state index contributed by atoms with van der Waals surface area (Å²) >= 11 is 0. The highest BCUT2D eigenvalue weighted by atomic mass is 19.1. The number of nitrogens with zero attached hydrogens (tertiary/aromatic N) is 2. The minimum Gasteiger partial charge on any atom is -0.337 e. The van der Waals surface area contributed by atoms with Gasteiger partial charge in [0.15, 0.2) is 0 Å². The Kier molecular flexibility index (Phi) is 2.70. The third-order valence-corrected chi connectivity index (χ3v) is 2.26. The van der Waals surface area contributed by atoms with Gasteiger partial charge < -0.3 is 10.3 Å². The summed E-state index contributed by atoms with van der Waals surface area (Å²) in [6, 6.07) is 4.47. The van der Waals surface area contributed by atoms with Crippen LogP contribution in [0.4, 0.5) is 4.39 Å². The maximum atomic E-state index is 13.3. The normalized spacial score (nSPS) is 12.8. The topological polar surface area (TPSA) is 64.9 Å². The molecule has 0 amide bonds. The van der Waals surface area contributed by atoms with Crippen LogP contribution in [0.25, 0.3) is 11.4 Å². The van der Waals surface area contributed by atoms with Crippen molar-refractivity contribution in [2.75, 3.05) is 0 Å². The molecule has 5 heteroatoms. The summed E-state index contributed by atoms with van der Waals surface area (Å²) < 4.78 is 18.3. The Bertz CT molecular complexity index is 508. The first-order valence-corrected chi connectivity index (χ1v) is 4.93. The van der Waals surface area contributed by atoms with Gasteiger partial charge in [-0.05, 0) is 25.5 Å². The lowest BCUT2D eigenvalue weighted by molar-refractivity contribution is 0.362. The van der Waals surface area contributed by atoms with Crippen LogP contribution in [0.15, 0.2) is 22.7 Å². The molecule has 0 spiro atoms. The standard InChI is InChI=1S/C11H12FN3O/c1-6-3-4-8(5-9(6)12)10-14-11(7(2)13)16-15-10/h3-5,7H,13H2,1-2H3/t7-/m1/s1. The van der Waals surface area contributed by atoms with E-state index in [2.05, 4.69) is 10.1 Å². The second-order valence-corrected chi connectivity index (χ2v) is 3.71. The van der Waals surface area contributed by atoms with Crippen molar-refractivity contribution in [3.8, 4) is 11.4 Å². The molecule has 1 aromatic heterocycles. The number of hydrogen-bond acceptors (Lipinski definition) is 4. The minimum absolute atomic E-state index is 0.287. The van der Waals surface area contributed by atoms with Gasteiger partial charge in [0.1, 0.15) is 5.82 Å². The van der Waals surface area contributed by atoms with Gasteiger partial charge in [-0.1, -0.05) is 17.3 Å². The molecule has 2 rings (SSSR count). The summed E-state index contributed by atoms with van der Waals surface area (Å²) in [6.07, 6.45) is 0. The smallest absolute Gasteiger partial charge is 0.243 e. The van der Waals surface area contributed by atoms with E-state index < -0.39 is 0 Å². The van der Waals surface area contributed by atoms with Crippen molar-refractivity contribution in [2.45, 2.75) is 19.9 Å². The first-order valence-electron chi connectivity index (χ1n) is 4.93. The second kappa shape index (κ2) is 4.02. The second-order valence-electron chi connectivity index (χ2n) is 3.71. The Balaban J connectivity index is 2.39. The highest BCUT2D eigenvalue weighted by Crippen LogP contribution is 2.20. The van der Waals surface area contributed by atoms with Crippen molar-refractivity contribution in [1.82, 2.24) is 10.1 Å². The van der Waals surface area contributed by atoms with Gasteiger partial charge in [0.25, 0.3) is 0 Å². The molecule has 0 fully saturated rings. The molecular weight excluding hydrogens is 209 g/mol. The van der Waals surface area contributed by atoms with E-state index in [1.54, 1.807) is 26.0 Å². The van der Waals surface area contributed by atoms with Crippen LogP contribution in [0.3, 0.4) is 0 Å². The maximum absolute atomic E-state index is 13.3. The molecular formula is C11H12FN3O. The molecule has 2 N–H and O–H groups in total. The first kappa shape index (κ1) is 10.8. The lowest BCUT2D eigenvalue weighted by Gasteiger charge is -1.98. The molecule has 16 heavy (non-hydrogen) atoms. The van der Waals surface area contributed by atoms with Crippen LogP contribution in [0, 0.1) is 12.7 Å². The fraction of sp³-hybridized carbons (Fsp3) is 0.273. The molecule has 0 aliphatic carbocycles. The zero-order valence-corrected chi connectivity index (χ0v) is 9.07. The van der Waals surface area contributed by atoms with Crippen LogP contribution in [0.5, 0.6) is 0 Å². The number of rotatable bonds is 2. The zero-order chi connectivity index (χ0) is 11.7. The number of aryl methyl sites for hydroxylation is 1. The molecule has 4 nitrogen and oxygen atoms in total. The summed E-state index contributed by atoms with van der Waals surface area (Å²) in [5.41, 5.74) is 6.75. The predicted molar refractivity (Wildman–Crippen MR) is 57.0 cm³/mol. The van der Waals surface area contributed by atoms with Crippen molar-refractivity contribution in [3.63, 3.8) is 0 Å². The van der Waals surface area contributed by atoms with E-state index in [0.29, 0.717) is 22.8 Å². The summed E-state index contributed by atoms with van der Waals surface area (Å²) in [5.74, 6) is 0.409. The highest BCUT2D eigenvalue weighted by Gasteiger charge is 2.12. The van der Waals surface area contributed by atoms with E-state index in [0.717, 1.165) is 0 Å². The zero-order valence-electron chi connectivity index (χ0n) is 9.07. The molecule has 0 saturated heterocycles. The van der Waals surface area contributed by atoms with Gasteiger partial charge >= 0.3 is 0 Å². The van der Waals surface area contributed by atoms with Crippen molar-refractivity contribution < 1.29 is 8.91 Å². The largest absolute Gasteiger partial charge is 0.337 e. The van der Waals surface area contributed by atoms with Gasteiger partial charge in [-0.2, -0.15) is 4.98 Å². The van der Waals surface area contributed by atoms with Crippen molar-refractivity contribution >= 4 is 0 Å². The van der Waals surface area contributed by atoms with Crippen LogP contribution in [0.1, 0.15) is 24.4 Å². The van der Waals surface area contributed by atoms with E-state index in [-0.39, 0.29) is 11.9 Å².